The Morgan fingerprint density at radius 3 is 1.74 bits per heavy atom. The molecule has 1 fully saturated rings. The van der Waals surface area contributed by atoms with Crippen LogP contribution >= 0.6 is 22.7 Å². The Labute approximate surface area is 151 Å². The maximum atomic E-state index is 4.41. The molecule has 0 radical (unpaired) electrons. The highest BCUT2D eigenvalue weighted by Crippen LogP contribution is 2.10. The number of thiazole rings is 2. The zero-order chi connectivity index (χ0) is 14.3. The lowest BCUT2D eigenvalue weighted by Crippen LogP contribution is -3.00. The lowest BCUT2D eigenvalue weighted by atomic mass is 10.4. The highest BCUT2D eigenvalue weighted by Gasteiger charge is 2.15. The molecule has 4 N–H and O–H groups in total. The summed E-state index contributed by atoms with van der Waals surface area (Å²) in [5, 5.41) is 9.00. The average molecular weight is 378 g/mol. The topological polar surface area (TPSA) is 80.4 Å². The molecule has 0 unspecified atom stereocenters. The van der Waals surface area contributed by atoms with Gasteiger partial charge in [0.25, 0.3) is 0 Å². The number of nitrogens with zero attached hydrogens (tertiary/aromatic N) is 4. The number of hydrogen-bond acceptors (Lipinski definition) is 6. The van der Waals surface area contributed by atoms with Gasteiger partial charge in [-0.2, -0.15) is 0 Å². The van der Waals surface area contributed by atoms with E-state index >= 15 is 0 Å². The number of halogens is 1. The summed E-state index contributed by atoms with van der Waals surface area (Å²) in [6.45, 7) is 8.83. The fourth-order valence-electron chi connectivity index (χ4n) is 2.56. The number of hydrogen-bond donors (Lipinski definition) is 1. The molecule has 1 aliphatic rings. The second-order valence-corrected chi connectivity index (χ2v) is 7.23. The normalized spacial score (nSPS) is 17.4. The number of rotatable bonds is 4. The average Bonchev–Trinajstić information content (AvgIpc) is 3.16. The molecule has 0 spiro atoms. The lowest BCUT2D eigenvalue weighted by molar-refractivity contribution is -0.653. The van der Waals surface area contributed by atoms with E-state index in [1.807, 2.05) is 12.4 Å². The molecule has 6 nitrogen and oxygen atoms in total. The first-order valence-electron chi connectivity index (χ1n) is 7.43. The van der Waals surface area contributed by atoms with Crippen LogP contribution in [0.2, 0.25) is 0 Å². The van der Waals surface area contributed by atoms with Gasteiger partial charge in [-0.25, -0.2) is 9.97 Å². The lowest BCUT2D eigenvalue weighted by Gasteiger charge is -2.23. The van der Waals surface area contributed by atoms with Gasteiger partial charge in [0, 0.05) is 49.3 Å². The molecule has 3 heterocycles. The molecule has 1 aliphatic heterocycles. The van der Waals surface area contributed by atoms with E-state index in [-0.39, 0.29) is 17.9 Å². The molecule has 2 aromatic rings. The minimum absolute atomic E-state index is 0. The Hall–Kier alpha value is -0.610. The smallest absolute Gasteiger partial charge is 0.107 e. The third-order valence-electron chi connectivity index (χ3n) is 3.72. The summed E-state index contributed by atoms with van der Waals surface area (Å²) < 4.78 is 0. The van der Waals surface area contributed by atoms with Gasteiger partial charge in [-0.1, -0.05) is 0 Å². The Morgan fingerprint density at radius 2 is 1.35 bits per heavy atom. The first-order chi connectivity index (χ1) is 10.4. The maximum absolute atomic E-state index is 4.41. The van der Waals surface area contributed by atoms with E-state index in [9.17, 15) is 0 Å². The zero-order valence-corrected chi connectivity index (χ0v) is 15.4. The van der Waals surface area contributed by atoms with Crippen LogP contribution in [0.4, 0.5) is 0 Å². The molecule has 3 rings (SSSR count). The molecule has 23 heavy (non-hydrogen) atoms. The van der Waals surface area contributed by atoms with Crippen LogP contribution in [0.1, 0.15) is 10.0 Å². The van der Waals surface area contributed by atoms with E-state index in [2.05, 4.69) is 35.8 Å². The monoisotopic (exact) mass is 377 g/mol. The van der Waals surface area contributed by atoms with Crippen LogP contribution in [-0.4, -0.2) is 64.5 Å². The summed E-state index contributed by atoms with van der Waals surface area (Å²) in [6.07, 6.45) is 3.80. The molecule has 0 atom stereocenters. The predicted octanol–water partition coefficient (Wildman–Crippen LogP) is -3.34. The van der Waals surface area contributed by atoms with Crippen LogP contribution in [0.15, 0.2) is 23.2 Å². The van der Waals surface area contributed by atoms with E-state index in [1.54, 1.807) is 22.7 Å². The van der Waals surface area contributed by atoms with Crippen molar-refractivity contribution < 1.29 is 23.2 Å². The largest absolute Gasteiger partial charge is 1.00 e. The van der Waals surface area contributed by atoms with E-state index in [0.717, 1.165) is 39.3 Å². The molecule has 9 heteroatoms. The maximum Gasteiger partial charge on any atom is 0.107 e. The fourth-order valence-corrected chi connectivity index (χ4v) is 3.87. The SMILES string of the molecule is O.[Cl-].c1csc(CN2CC[NH2+]CCN(Cc3nccs3)CC2)n1. The van der Waals surface area contributed by atoms with Gasteiger partial charge < -0.3 is 23.2 Å². The summed E-state index contributed by atoms with van der Waals surface area (Å²) in [5.74, 6) is 0. The van der Waals surface area contributed by atoms with Crippen molar-refractivity contribution >= 4 is 22.7 Å². The third-order valence-corrected chi connectivity index (χ3v) is 5.24. The Bertz CT molecular complexity index is 465. The minimum atomic E-state index is 0. The number of nitrogens with two attached hydrogens (primary N) is 1. The van der Waals surface area contributed by atoms with Gasteiger partial charge in [0.1, 0.15) is 10.0 Å². The second kappa shape index (κ2) is 11.0. The van der Waals surface area contributed by atoms with Crippen LogP contribution in [-0.2, 0) is 13.1 Å². The standard InChI is InChI=1S/C14H21N5S2.ClH.H2O/c1-5-18(11-13-16-3-9-20-13)7-8-19(6-2-15-1)12-14-17-4-10-21-14;;/h3-4,9-10,15H,1-2,5-8,11-12H2;1H;1H2. The molecule has 1 saturated heterocycles. The van der Waals surface area contributed by atoms with Crippen LogP contribution < -0.4 is 17.7 Å². The molecule has 0 aromatic carbocycles. The fraction of sp³-hybridized carbons (Fsp3) is 0.571. The van der Waals surface area contributed by atoms with Crippen molar-refractivity contribution in [1.29, 1.82) is 0 Å². The predicted molar refractivity (Wildman–Crippen MR) is 90.1 cm³/mol. The van der Waals surface area contributed by atoms with Gasteiger partial charge in [0.15, 0.2) is 0 Å². The van der Waals surface area contributed by atoms with Gasteiger partial charge in [-0.05, 0) is 0 Å². The van der Waals surface area contributed by atoms with E-state index in [4.69, 9.17) is 0 Å². The highest BCUT2D eigenvalue weighted by atomic mass is 35.5. The Kier molecular flexibility index (Phi) is 9.80. The summed E-state index contributed by atoms with van der Waals surface area (Å²) in [7, 11) is 0. The van der Waals surface area contributed by atoms with Gasteiger partial charge in [0.2, 0.25) is 0 Å². The summed E-state index contributed by atoms with van der Waals surface area (Å²) in [6, 6.07) is 0. The molecule has 130 valence electrons. The molecule has 0 amide bonds. The molecular formula is C14H24ClN5OS2. The van der Waals surface area contributed by atoms with Crippen molar-refractivity contribution in [2.75, 3.05) is 39.3 Å². The van der Waals surface area contributed by atoms with Crippen molar-refractivity contribution in [3.8, 4) is 0 Å². The van der Waals surface area contributed by atoms with Gasteiger partial charge in [-0.3, -0.25) is 9.80 Å². The van der Waals surface area contributed by atoms with Crippen molar-refractivity contribution in [1.82, 2.24) is 19.8 Å². The van der Waals surface area contributed by atoms with Crippen molar-refractivity contribution in [3.63, 3.8) is 0 Å². The summed E-state index contributed by atoms with van der Waals surface area (Å²) >= 11 is 3.51. The van der Waals surface area contributed by atoms with Gasteiger partial charge in [0.05, 0.1) is 26.2 Å². The molecular weight excluding hydrogens is 354 g/mol. The quantitative estimate of drug-likeness (QED) is 0.604. The molecule has 0 bridgehead atoms. The van der Waals surface area contributed by atoms with Crippen molar-refractivity contribution in [2.24, 2.45) is 0 Å². The highest BCUT2D eigenvalue weighted by molar-refractivity contribution is 7.09. The van der Waals surface area contributed by atoms with E-state index in [1.165, 1.54) is 23.1 Å². The number of quaternary nitrogens is 1. The van der Waals surface area contributed by atoms with Crippen LogP contribution in [0.5, 0.6) is 0 Å². The Balaban J connectivity index is 0.00000132. The molecule has 0 saturated carbocycles. The van der Waals surface area contributed by atoms with Crippen molar-refractivity contribution in [3.05, 3.63) is 33.2 Å². The van der Waals surface area contributed by atoms with Gasteiger partial charge >= 0.3 is 0 Å². The molecule has 2 aromatic heterocycles. The summed E-state index contributed by atoms with van der Waals surface area (Å²) in [5.41, 5.74) is 0. The first kappa shape index (κ1) is 20.4. The molecule has 0 aliphatic carbocycles. The second-order valence-electron chi connectivity index (χ2n) is 5.27. The van der Waals surface area contributed by atoms with Gasteiger partial charge in [-0.15, -0.1) is 22.7 Å². The van der Waals surface area contributed by atoms with Crippen LogP contribution in [0.25, 0.3) is 0 Å². The first-order valence-corrected chi connectivity index (χ1v) is 9.19. The van der Waals surface area contributed by atoms with E-state index in [0.29, 0.717) is 0 Å². The Morgan fingerprint density at radius 1 is 0.870 bits per heavy atom. The number of aromatic nitrogens is 2. The minimum Gasteiger partial charge on any atom is -1.00 e. The third kappa shape index (κ3) is 6.80. The van der Waals surface area contributed by atoms with E-state index < -0.39 is 0 Å². The summed E-state index contributed by atoms with van der Waals surface area (Å²) in [4.78, 5) is 13.9. The zero-order valence-electron chi connectivity index (χ0n) is 13.0. The van der Waals surface area contributed by atoms with Crippen LogP contribution in [0, 0.1) is 0 Å². The van der Waals surface area contributed by atoms with Crippen LogP contribution in [0.3, 0.4) is 0 Å². The van der Waals surface area contributed by atoms with Crippen molar-refractivity contribution in [2.45, 2.75) is 13.1 Å².